The summed E-state index contributed by atoms with van der Waals surface area (Å²) in [6.45, 7) is 2.04. The number of hydrazine groups is 1. The molecule has 0 aromatic carbocycles. The standard InChI is InChI=1S/C12H18N4O2/c1-4-8-5-6-9(18-8)11(15-13)12-10(17-3)7-14-16(12)2/h5-7,11,15H,4,13H2,1-3H3. The van der Waals surface area contributed by atoms with Gasteiger partial charge in [-0.3, -0.25) is 10.5 Å². The van der Waals surface area contributed by atoms with Crippen molar-refractivity contribution in [1.82, 2.24) is 15.2 Å². The van der Waals surface area contributed by atoms with E-state index in [1.165, 1.54) is 0 Å². The van der Waals surface area contributed by atoms with Gasteiger partial charge in [0.25, 0.3) is 0 Å². The highest BCUT2D eigenvalue weighted by Crippen LogP contribution is 2.29. The van der Waals surface area contributed by atoms with Crippen molar-refractivity contribution in [3.05, 3.63) is 35.5 Å². The van der Waals surface area contributed by atoms with E-state index in [0.29, 0.717) is 5.75 Å². The number of furan rings is 1. The van der Waals surface area contributed by atoms with Gasteiger partial charge in [0.1, 0.15) is 23.3 Å². The number of ether oxygens (including phenoxy) is 1. The molecule has 0 fully saturated rings. The highest BCUT2D eigenvalue weighted by molar-refractivity contribution is 5.33. The van der Waals surface area contributed by atoms with Gasteiger partial charge in [-0.2, -0.15) is 5.10 Å². The van der Waals surface area contributed by atoms with Crippen LogP contribution in [0.4, 0.5) is 0 Å². The maximum atomic E-state index is 5.72. The number of nitrogens with one attached hydrogen (secondary N) is 1. The Labute approximate surface area is 106 Å². The molecule has 2 rings (SSSR count). The van der Waals surface area contributed by atoms with Gasteiger partial charge in [0, 0.05) is 13.5 Å². The first kappa shape index (κ1) is 12.7. The predicted octanol–water partition coefficient (Wildman–Crippen LogP) is 1.14. The molecule has 3 N–H and O–H groups in total. The van der Waals surface area contributed by atoms with Crippen molar-refractivity contribution in [3.8, 4) is 5.75 Å². The topological polar surface area (TPSA) is 78.2 Å². The Morgan fingerprint density at radius 1 is 1.56 bits per heavy atom. The minimum atomic E-state index is -0.284. The molecular weight excluding hydrogens is 232 g/mol. The zero-order chi connectivity index (χ0) is 13.1. The first-order valence-corrected chi connectivity index (χ1v) is 5.81. The van der Waals surface area contributed by atoms with E-state index >= 15 is 0 Å². The summed E-state index contributed by atoms with van der Waals surface area (Å²) in [5.41, 5.74) is 3.57. The second-order valence-electron chi connectivity index (χ2n) is 3.98. The lowest BCUT2D eigenvalue weighted by molar-refractivity contribution is 0.381. The third-order valence-corrected chi connectivity index (χ3v) is 2.92. The zero-order valence-corrected chi connectivity index (χ0v) is 10.8. The van der Waals surface area contributed by atoms with Crippen LogP contribution in [0.25, 0.3) is 0 Å². The minimum Gasteiger partial charge on any atom is -0.493 e. The van der Waals surface area contributed by atoms with Gasteiger partial charge >= 0.3 is 0 Å². The molecule has 0 aliphatic rings. The number of aryl methyl sites for hydroxylation is 2. The van der Waals surface area contributed by atoms with Gasteiger partial charge in [0.2, 0.25) is 0 Å². The molecule has 6 heteroatoms. The van der Waals surface area contributed by atoms with Crippen LogP contribution in [0.1, 0.15) is 30.2 Å². The maximum Gasteiger partial charge on any atom is 0.162 e. The first-order chi connectivity index (χ1) is 8.71. The monoisotopic (exact) mass is 250 g/mol. The van der Waals surface area contributed by atoms with Crippen molar-refractivity contribution >= 4 is 0 Å². The Morgan fingerprint density at radius 3 is 2.89 bits per heavy atom. The zero-order valence-electron chi connectivity index (χ0n) is 10.8. The lowest BCUT2D eigenvalue weighted by atomic mass is 10.1. The van der Waals surface area contributed by atoms with Crippen LogP contribution in [0.3, 0.4) is 0 Å². The van der Waals surface area contributed by atoms with E-state index in [4.69, 9.17) is 15.0 Å². The average molecular weight is 250 g/mol. The Morgan fingerprint density at radius 2 is 2.33 bits per heavy atom. The fourth-order valence-electron chi connectivity index (χ4n) is 1.95. The lowest BCUT2D eigenvalue weighted by Crippen LogP contribution is -2.30. The quantitative estimate of drug-likeness (QED) is 0.614. The molecule has 1 unspecified atom stereocenters. The summed E-state index contributed by atoms with van der Waals surface area (Å²) in [6.07, 6.45) is 2.50. The maximum absolute atomic E-state index is 5.72. The van der Waals surface area contributed by atoms with E-state index in [1.807, 2.05) is 26.1 Å². The van der Waals surface area contributed by atoms with Crippen molar-refractivity contribution in [1.29, 1.82) is 0 Å². The van der Waals surface area contributed by atoms with E-state index in [-0.39, 0.29) is 6.04 Å². The van der Waals surface area contributed by atoms with Crippen molar-refractivity contribution in [3.63, 3.8) is 0 Å². The van der Waals surface area contributed by atoms with Crippen molar-refractivity contribution in [2.75, 3.05) is 7.11 Å². The number of methoxy groups -OCH3 is 1. The lowest BCUT2D eigenvalue weighted by Gasteiger charge is -2.15. The number of hydrogen-bond donors (Lipinski definition) is 2. The molecule has 0 saturated heterocycles. The largest absolute Gasteiger partial charge is 0.493 e. The van der Waals surface area contributed by atoms with Gasteiger partial charge in [0.05, 0.1) is 13.3 Å². The van der Waals surface area contributed by atoms with Gasteiger partial charge in [-0.25, -0.2) is 5.43 Å². The molecule has 0 saturated carbocycles. The van der Waals surface area contributed by atoms with Crippen LogP contribution in [-0.4, -0.2) is 16.9 Å². The number of nitrogens with zero attached hydrogens (tertiary/aromatic N) is 2. The molecular formula is C12H18N4O2. The normalized spacial score (nSPS) is 12.7. The summed E-state index contributed by atoms with van der Waals surface area (Å²) >= 11 is 0. The van der Waals surface area contributed by atoms with Crippen molar-refractivity contribution in [2.24, 2.45) is 12.9 Å². The molecule has 0 amide bonds. The molecule has 0 bridgehead atoms. The van der Waals surface area contributed by atoms with Crippen molar-refractivity contribution < 1.29 is 9.15 Å². The van der Waals surface area contributed by atoms with Crippen LogP contribution < -0.4 is 16.0 Å². The highest BCUT2D eigenvalue weighted by Gasteiger charge is 2.24. The number of rotatable bonds is 5. The molecule has 0 spiro atoms. The highest BCUT2D eigenvalue weighted by atomic mass is 16.5. The van der Waals surface area contributed by atoms with Crippen molar-refractivity contribution in [2.45, 2.75) is 19.4 Å². The van der Waals surface area contributed by atoms with E-state index in [9.17, 15) is 0 Å². The fraction of sp³-hybridized carbons (Fsp3) is 0.417. The molecule has 2 heterocycles. The smallest absolute Gasteiger partial charge is 0.162 e. The number of hydrogen-bond acceptors (Lipinski definition) is 5. The van der Waals surface area contributed by atoms with Crippen LogP contribution in [0.5, 0.6) is 5.75 Å². The first-order valence-electron chi connectivity index (χ1n) is 5.81. The summed E-state index contributed by atoms with van der Waals surface area (Å²) in [5, 5.41) is 4.16. The van der Waals surface area contributed by atoms with Gasteiger partial charge in [-0.1, -0.05) is 6.92 Å². The molecule has 1 atom stereocenters. The van der Waals surface area contributed by atoms with Crippen LogP contribution in [-0.2, 0) is 13.5 Å². The molecule has 98 valence electrons. The van der Waals surface area contributed by atoms with Crippen LogP contribution >= 0.6 is 0 Å². The summed E-state index contributed by atoms with van der Waals surface area (Å²) in [5.74, 6) is 7.98. The van der Waals surface area contributed by atoms with Crippen LogP contribution in [0, 0.1) is 0 Å². The molecule has 0 aliphatic heterocycles. The van der Waals surface area contributed by atoms with E-state index < -0.39 is 0 Å². The summed E-state index contributed by atoms with van der Waals surface area (Å²) in [6, 6.07) is 3.57. The van der Waals surface area contributed by atoms with E-state index in [0.717, 1.165) is 23.6 Å². The summed E-state index contributed by atoms with van der Waals surface area (Å²) < 4.78 is 12.7. The second-order valence-corrected chi connectivity index (χ2v) is 3.98. The van der Waals surface area contributed by atoms with E-state index in [1.54, 1.807) is 18.0 Å². The molecule has 0 radical (unpaired) electrons. The number of aromatic nitrogens is 2. The summed E-state index contributed by atoms with van der Waals surface area (Å²) in [4.78, 5) is 0. The Kier molecular flexibility index (Phi) is 3.69. The van der Waals surface area contributed by atoms with Gasteiger partial charge in [-0.05, 0) is 12.1 Å². The Hall–Kier alpha value is -1.79. The van der Waals surface area contributed by atoms with E-state index in [2.05, 4.69) is 10.5 Å². The molecule has 2 aromatic rings. The molecule has 18 heavy (non-hydrogen) atoms. The molecule has 2 aromatic heterocycles. The molecule has 6 nitrogen and oxygen atoms in total. The fourth-order valence-corrected chi connectivity index (χ4v) is 1.95. The average Bonchev–Trinajstić information content (AvgIpc) is 2.99. The van der Waals surface area contributed by atoms with Gasteiger partial charge in [-0.15, -0.1) is 0 Å². The van der Waals surface area contributed by atoms with Gasteiger partial charge in [0.15, 0.2) is 5.75 Å². The minimum absolute atomic E-state index is 0.284. The third-order valence-electron chi connectivity index (χ3n) is 2.92. The Bertz CT molecular complexity index is 518. The Balaban J connectivity index is 2.41. The predicted molar refractivity (Wildman–Crippen MR) is 67.0 cm³/mol. The number of nitrogens with two attached hydrogens (primary N) is 1. The van der Waals surface area contributed by atoms with Crippen LogP contribution in [0.15, 0.2) is 22.7 Å². The SMILES string of the molecule is CCc1ccc(C(NN)c2c(OC)cnn2C)o1. The van der Waals surface area contributed by atoms with Gasteiger partial charge < -0.3 is 9.15 Å². The third kappa shape index (κ3) is 2.12. The summed E-state index contributed by atoms with van der Waals surface area (Å²) in [7, 11) is 3.44. The second kappa shape index (κ2) is 5.24. The van der Waals surface area contributed by atoms with Crippen LogP contribution in [0.2, 0.25) is 0 Å². The molecule has 0 aliphatic carbocycles.